The highest BCUT2D eigenvalue weighted by Gasteiger charge is 2.35. The lowest BCUT2D eigenvalue weighted by Crippen LogP contribution is -2.57. The van der Waals surface area contributed by atoms with E-state index in [0.717, 1.165) is 23.4 Å². The molecule has 3 aromatic rings. The number of piperazine rings is 1. The lowest BCUT2D eigenvalue weighted by atomic mass is 9.93. The van der Waals surface area contributed by atoms with E-state index < -0.39 is 0 Å². The van der Waals surface area contributed by atoms with Crippen molar-refractivity contribution in [3.63, 3.8) is 0 Å². The fraction of sp³-hybridized carbons (Fsp3) is 0.360. The second-order valence-electron chi connectivity index (χ2n) is 8.64. The van der Waals surface area contributed by atoms with Gasteiger partial charge in [0.1, 0.15) is 5.82 Å². The Morgan fingerprint density at radius 3 is 2.70 bits per heavy atom. The van der Waals surface area contributed by atoms with Gasteiger partial charge in [-0.1, -0.05) is 18.2 Å². The number of amides is 2. The smallest absolute Gasteiger partial charge is 0.264 e. The predicted octanol–water partition coefficient (Wildman–Crippen LogP) is 4.27. The first-order valence-electron chi connectivity index (χ1n) is 11.2. The van der Waals surface area contributed by atoms with Crippen molar-refractivity contribution in [3.8, 4) is 0 Å². The number of carbonyl (C=O) groups excluding carboxylic acids is 2. The SMILES string of the molecule is C[C@@H]1CN(C(=O)CN2CCc3sccc3[C@H]2c2cccc(F)c2)CCN1C(=O)c1cccs1. The molecule has 8 heteroatoms. The van der Waals surface area contributed by atoms with Crippen molar-refractivity contribution in [2.45, 2.75) is 25.4 Å². The van der Waals surface area contributed by atoms with Crippen molar-refractivity contribution in [2.75, 3.05) is 32.7 Å². The summed E-state index contributed by atoms with van der Waals surface area (Å²) in [6.07, 6.45) is 0.894. The molecule has 2 aliphatic rings. The summed E-state index contributed by atoms with van der Waals surface area (Å²) in [5, 5.41) is 3.98. The summed E-state index contributed by atoms with van der Waals surface area (Å²) in [6.45, 7) is 4.63. The molecule has 0 unspecified atom stereocenters. The summed E-state index contributed by atoms with van der Waals surface area (Å²) in [6, 6.07) is 12.4. The number of carbonyl (C=O) groups is 2. The summed E-state index contributed by atoms with van der Waals surface area (Å²) in [5.74, 6) is -0.163. The molecule has 2 aliphatic heterocycles. The molecule has 2 atom stereocenters. The minimum Gasteiger partial charge on any atom is -0.338 e. The van der Waals surface area contributed by atoms with Gasteiger partial charge < -0.3 is 9.80 Å². The molecule has 4 heterocycles. The fourth-order valence-electron chi connectivity index (χ4n) is 4.91. The van der Waals surface area contributed by atoms with E-state index in [1.165, 1.54) is 27.8 Å². The molecule has 33 heavy (non-hydrogen) atoms. The van der Waals surface area contributed by atoms with E-state index in [9.17, 15) is 14.0 Å². The standard InChI is InChI=1S/C25H26FN3O2S2/c1-17-15-27(10-11-29(17)25(31)22-6-3-12-32-22)23(30)16-28-9-7-21-20(8-13-33-21)24(28)18-4-2-5-19(26)14-18/h2-6,8,12-14,17,24H,7,9-11,15-16H2,1H3/t17-,24-/m1/s1. The molecule has 2 aromatic heterocycles. The van der Waals surface area contributed by atoms with Gasteiger partial charge in [0.2, 0.25) is 5.91 Å². The van der Waals surface area contributed by atoms with E-state index in [1.54, 1.807) is 23.5 Å². The number of thiophene rings is 2. The quantitative estimate of drug-likeness (QED) is 0.557. The van der Waals surface area contributed by atoms with Crippen LogP contribution in [0.4, 0.5) is 4.39 Å². The monoisotopic (exact) mass is 483 g/mol. The van der Waals surface area contributed by atoms with Crippen LogP contribution >= 0.6 is 22.7 Å². The Labute approximate surface area is 201 Å². The molecule has 1 fully saturated rings. The zero-order valence-corrected chi connectivity index (χ0v) is 20.1. The van der Waals surface area contributed by atoms with Crippen LogP contribution in [-0.4, -0.2) is 65.3 Å². The number of halogens is 1. The highest BCUT2D eigenvalue weighted by Crippen LogP contribution is 2.37. The Kier molecular flexibility index (Phi) is 6.32. The summed E-state index contributed by atoms with van der Waals surface area (Å²) in [5.41, 5.74) is 2.05. The van der Waals surface area contributed by atoms with E-state index in [2.05, 4.69) is 16.3 Å². The van der Waals surface area contributed by atoms with E-state index in [1.807, 2.05) is 40.3 Å². The van der Waals surface area contributed by atoms with Crippen molar-refractivity contribution in [1.29, 1.82) is 0 Å². The van der Waals surface area contributed by atoms with Crippen LogP contribution in [0.15, 0.2) is 53.2 Å². The second kappa shape index (κ2) is 9.37. The van der Waals surface area contributed by atoms with E-state index in [0.29, 0.717) is 19.6 Å². The van der Waals surface area contributed by atoms with Crippen molar-refractivity contribution in [1.82, 2.24) is 14.7 Å². The topological polar surface area (TPSA) is 43.9 Å². The van der Waals surface area contributed by atoms with E-state index in [-0.39, 0.29) is 36.3 Å². The maximum Gasteiger partial charge on any atom is 0.264 e. The van der Waals surface area contributed by atoms with Crippen LogP contribution in [0.3, 0.4) is 0 Å². The van der Waals surface area contributed by atoms with Gasteiger partial charge in [0.25, 0.3) is 5.91 Å². The Hall–Kier alpha value is -2.55. The molecule has 1 saturated heterocycles. The number of rotatable bonds is 4. The second-order valence-corrected chi connectivity index (χ2v) is 10.6. The first kappa shape index (κ1) is 22.3. The number of nitrogens with zero attached hydrogens (tertiary/aromatic N) is 3. The number of fused-ring (bicyclic) bond motifs is 1. The van der Waals surface area contributed by atoms with Crippen LogP contribution in [0.5, 0.6) is 0 Å². The predicted molar refractivity (Wildman–Crippen MR) is 129 cm³/mol. The highest BCUT2D eigenvalue weighted by molar-refractivity contribution is 7.12. The molecular formula is C25H26FN3O2S2. The van der Waals surface area contributed by atoms with E-state index in [4.69, 9.17) is 0 Å². The van der Waals surface area contributed by atoms with Gasteiger partial charge in [-0.2, -0.15) is 0 Å². The molecule has 2 amide bonds. The zero-order valence-electron chi connectivity index (χ0n) is 18.4. The molecule has 1 aromatic carbocycles. The van der Waals surface area contributed by atoms with Crippen molar-refractivity contribution < 1.29 is 14.0 Å². The highest BCUT2D eigenvalue weighted by atomic mass is 32.1. The molecule has 5 rings (SSSR count). The minimum atomic E-state index is -0.263. The van der Waals surface area contributed by atoms with Gasteiger partial charge in [0, 0.05) is 37.1 Å². The molecule has 0 N–H and O–H groups in total. The zero-order chi connectivity index (χ0) is 22.9. The van der Waals surface area contributed by atoms with Crippen LogP contribution in [-0.2, 0) is 11.2 Å². The number of benzene rings is 1. The van der Waals surface area contributed by atoms with Crippen molar-refractivity contribution in [2.24, 2.45) is 0 Å². The average Bonchev–Trinajstić information content (AvgIpc) is 3.50. The van der Waals surface area contributed by atoms with E-state index >= 15 is 0 Å². The fourth-order valence-corrected chi connectivity index (χ4v) is 6.49. The van der Waals surface area contributed by atoms with Gasteiger partial charge in [-0.3, -0.25) is 14.5 Å². The molecule has 0 radical (unpaired) electrons. The first-order valence-corrected chi connectivity index (χ1v) is 12.9. The van der Waals surface area contributed by atoms with Crippen LogP contribution in [0.25, 0.3) is 0 Å². The Morgan fingerprint density at radius 1 is 1.06 bits per heavy atom. The third-order valence-corrected chi connectivity index (χ3v) is 8.40. The minimum absolute atomic E-state index is 0.0387. The largest absolute Gasteiger partial charge is 0.338 e. The number of hydrogen-bond donors (Lipinski definition) is 0. The Morgan fingerprint density at radius 2 is 1.94 bits per heavy atom. The lowest BCUT2D eigenvalue weighted by Gasteiger charge is -2.41. The van der Waals surface area contributed by atoms with Gasteiger partial charge in [-0.05, 0) is 59.5 Å². The molecule has 0 spiro atoms. The Balaban J connectivity index is 1.29. The summed E-state index contributed by atoms with van der Waals surface area (Å²) >= 11 is 3.17. The molecule has 172 valence electrons. The normalized spacial score (nSPS) is 21.2. The number of hydrogen-bond acceptors (Lipinski definition) is 5. The van der Waals surface area contributed by atoms with Gasteiger partial charge in [-0.15, -0.1) is 22.7 Å². The Bertz CT molecular complexity index is 1150. The van der Waals surface area contributed by atoms with Gasteiger partial charge >= 0.3 is 0 Å². The lowest BCUT2D eigenvalue weighted by molar-refractivity contribution is -0.135. The van der Waals surface area contributed by atoms with Crippen molar-refractivity contribution in [3.05, 3.63) is 79.9 Å². The van der Waals surface area contributed by atoms with Crippen LogP contribution in [0.2, 0.25) is 0 Å². The average molecular weight is 484 g/mol. The third kappa shape index (κ3) is 4.47. The van der Waals surface area contributed by atoms with Crippen molar-refractivity contribution >= 4 is 34.5 Å². The summed E-state index contributed by atoms with van der Waals surface area (Å²) in [4.78, 5) is 34.0. The first-order chi connectivity index (χ1) is 16.0. The molecule has 0 bridgehead atoms. The maximum absolute atomic E-state index is 14.0. The van der Waals surface area contributed by atoms with Gasteiger partial charge in [0.05, 0.1) is 17.5 Å². The molecule has 0 aliphatic carbocycles. The van der Waals surface area contributed by atoms with Gasteiger partial charge in [0.15, 0.2) is 0 Å². The van der Waals surface area contributed by atoms with Gasteiger partial charge in [-0.25, -0.2) is 4.39 Å². The third-order valence-electron chi connectivity index (χ3n) is 6.54. The molecule has 0 saturated carbocycles. The maximum atomic E-state index is 14.0. The summed E-state index contributed by atoms with van der Waals surface area (Å²) in [7, 11) is 0. The molecule has 5 nitrogen and oxygen atoms in total. The van der Waals surface area contributed by atoms with Crippen LogP contribution in [0, 0.1) is 5.82 Å². The summed E-state index contributed by atoms with van der Waals surface area (Å²) < 4.78 is 14.0. The molecular weight excluding hydrogens is 457 g/mol. The van der Waals surface area contributed by atoms with Crippen LogP contribution < -0.4 is 0 Å². The van der Waals surface area contributed by atoms with Crippen LogP contribution in [0.1, 0.15) is 38.6 Å².